The van der Waals surface area contributed by atoms with E-state index in [1.165, 1.54) is 22.6 Å². The van der Waals surface area contributed by atoms with Gasteiger partial charge in [-0.2, -0.15) is 0 Å². The van der Waals surface area contributed by atoms with Crippen molar-refractivity contribution in [2.75, 3.05) is 0 Å². The number of nitrogens with zero attached hydrogens (tertiary/aromatic N) is 1. The Morgan fingerprint density at radius 1 is 1.06 bits per heavy atom. The molecule has 3 rings (SSSR count). The average Bonchev–Trinajstić information content (AvgIpc) is 3.14. The number of pyridine rings is 1. The normalized spacial score (nSPS) is 12.2. The first kappa shape index (κ1) is 29.2. The summed E-state index contributed by atoms with van der Waals surface area (Å²) in [4.78, 5) is 17.3. The van der Waals surface area contributed by atoms with Crippen LogP contribution in [-0.2, 0) is 24.9 Å². The Morgan fingerprint density at radius 2 is 1.70 bits per heavy atom. The molecule has 0 saturated carbocycles. The maximum Gasteiger partial charge on any atom is 0.164 e. The average molecular weight is 643 g/mol. The third kappa shape index (κ3) is 8.48. The number of hydrogen-bond donors (Lipinski definition) is 1. The molecular weight excluding hydrogens is 607 g/mol. The van der Waals surface area contributed by atoms with Crippen LogP contribution in [0.25, 0.3) is 21.5 Å². The minimum Gasteiger partial charge on any atom is -0.512 e. The number of carbonyl (C=O) groups excluding carboxylic acids is 1. The fourth-order valence-corrected chi connectivity index (χ4v) is 3.53. The van der Waals surface area contributed by atoms with Gasteiger partial charge in [0.05, 0.1) is 0 Å². The van der Waals surface area contributed by atoms with E-state index in [0.29, 0.717) is 5.92 Å². The first-order valence-corrected chi connectivity index (χ1v) is 11.9. The van der Waals surface area contributed by atoms with Crippen molar-refractivity contribution in [3.63, 3.8) is 0 Å². The van der Waals surface area contributed by atoms with Crippen LogP contribution >= 0.6 is 11.3 Å². The molecule has 0 spiro atoms. The van der Waals surface area contributed by atoms with Crippen molar-refractivity contribution in [3.8, 4) is 11.3 Å². The summed E-state index contributed by atoms with van der Waals surface area (Å²) >= 11 is 1.69. The van der Waals surface area contributed by atoms with Crippen LogP contribution in [0.1, 0.15) is 72.4 Å². The second-order valence-electron chi connectivity index (χ2n) is 10.6. The molecule has 0 aliphatic heterocycles. The molecule has 0 aliphatic carbocycles. The van der Waals surface area contributed by atoms with Crippen molar-refractivity contribution in [1.29, 1.82) is 0 Å². The fraction of sp³-hybridized carbons (Fsp3) is 0.429. The number of aliphatic hydroxyl groups is 1. The Labute approximate surface area is 216 Å². The first-order valence-electron chi connectivity index (χ1n) is 11.0. The molecule has 3 aromatic rings. The molecule has 1 aromatic carbocycles. The van der Waals surface area contributed by atoms with Crippen LogP contribution in [0.3, 0.4) is 0 Å². The molecule has 0 fully saturated rings. The van der Waals surface area contributed by atoms with Gasteiger partial charge in [-0.15, -0.1) is 46.2 Å². The third-order valence-electron chi connectivity index (χ3n) is 5.06. The molecule has 0 saturated heterocycles. The number of allylic oxidation sites excluding steroid dienone is 2. The van der Waals surface area contributed by atoms with Crippen molar-refractivity contribution in [1.82, 2.24) is 4.98 Å². The van der Waals surface area contributed by atoms with Crippen LogP contribution in [0.15, 0.2) is 47.5 Å². The monoisotopic (exact) mass is 643 g/mol. The Balaban J connectivity index is 0.000000346. The third-order valence-corrected chi connectivity index (χ3v) is 5.88. The predicted octanol–water partition coefficient (Wildman–Crippen LogP) is 8.28. The number of fused-ring (bicyclic) bond motifs is 1. The Hall–Kier alpha value is -1.81. The molecule has 33 heavy (non-hydrogen) atoms. The largest absolute Gasteiger partial charge is 0.512 e. The molecule has 0 atom stereocenters. The van der Waals surface area contributed by atoms with Gasteiger partial charge in [0, 0.05) is 42.4 Å². The summed E-state index contributed by atoms with van der Waals surface area (Å²) in [7, 11) is 0. The summed E-state index contributed by atoms with van der Waals surface area (Å²) in [5.74, 6) is 0.630. The van der Waals surface area contributed by atoms with Crippen LogP contribution in [0.2, 0.25) is 0 Å². The topological polar surface area (TPSA) is 50.2 Å². The molecule has 0 unspecified atom stereocenters. The maximum atomic E-state index is 11.5. The Kier molecular flexibility index (Phi) is 10.2. The van der Waals surface area contributed by atoms with Gasteiger partial charge in [0.1, 0.15) is 10.6 Å². The standard InChI is InChI=1S/C17H16NS.C11H20O2.Ir/c1-11(2)14-8-12(3)9-15(10-14)16-5-4-13-6-7-19-17(13)18-16;1-10(2,3)8(12)7-9(13)11(4,5)6;/h4-8,10-11H,1-3H3;7,12H,1-6H3;/q-1;;/b;8-7-;. The molecule has 181 valence electrons. The van der Waals surface area contributed by atoms with Crippen LogP contribution in [0, 0.1) is 23.8 Å². The van der Waals surface area contributed by atoms with Gasteiger partial charge in [-0.05, 0) is 23.1 Å². The summed E-state index contributed by atoms with van der Waals surface area (Å²) < 4.78 is 0. The van der Waals surface area contributed by atoms with E-state index < -0.39 is 5.41 Å². The number of thiophene rings is 1. The van der Waals surface area contributed by atoms with Gasteiger partial charge in [0.25, 0.3) is 0 Å². The number of aliphatic hydroxyl groups excluding tert-OH is 1. The molecule has 0 bridgehead atoms. The smallest absolute Gasteiger partial charge is 0.164 e. The minimum absolute atomic E-state index is 0. The Morgan fingerprint density at radius 3 is 2.24 bits per heavy atom. The van der Waals surface area contributed by atoms with Gasteiger partial charge in [0.15, 0.2) is 5.78 Å². The Bertz CT molecular complexity index is 1110. The van der Waals surface area contributed by atoms with Gasteiger partial charge >= 0.3 is 0 Å². The minimum atomic E-state index is -0.417. The maximum absolute atomic E-state index is 11.5. The van der Waals surface area contributed by atoms with Crippen LogP contribution in [0.5, 0.6) is 0 Å². The fourth-order valence-electron chi connectivity index (χ4n) is 2.77. The number of benzene rings is 1. The molecule has 3 nitrogen and oxygen atoms in total. The van der Waals surface area contributed by atoms with Crippen molar-refractivity contribution >= 4 is 27.3 Å². The number of hydrogen-bond acceptors (Lipinski definition) is 4. The van der Waals surface area contributed by atoms with Crippen molar-refractivity contribution in [2.45, 2.75) is 68.2 Å². The summed E-state index contributed by atoms with van der Waals surface area (Å²) in [5.41, 5.74) is 3.87. The van der Waals surface area contributed by atoms with E-state index in [1.807, 2.05) is 41.5 Å². The quantitative estimate of drug-likeness (QED) is 0.178. The SMILES string of the molecule is CC(C)(C)C(=O)/C=C(\O)C(C)(C)C.Cc1[c-]c(-c2ccc3ccsc3n2)cc(C(C)C)c1.[Ir]. The van der Waals surface area contributed by atoms with Crippen molar-refractivity contribution in [2.24, 2.45) is 10.8 Å². The number of aryl methyl sites for hydroxylation is 1. The van der Waals surface area contributed by atoms with E-state index in [1.54, 1.807) is 11.3 Å². The van der Waals surface area contributed by atoms with E-state index in [-0.39, 0.29) is 37.1 Å². The van der Waals surface area contributed by atoms with Crippen molar-refractivity contribution in [3.05, 3.63) is 64.7 Å². The summed E-state index contributed by atoms with van der Waals surface area (Å²) in [6.07, 6.45) is 1.33. The van der Waals surface area contributed by atoms with Gasteiger partial charge in [-0.1, -0.05) is 74.4 Å². The molecule has 1 N–H and O–H groups in total. The van der Waals surface area contributed by atoms with Gasteiger partial charge in [-0.25, -0.2) is 0 Å². The van der Waals surface area contributed by atoms with Gasteiger partial charge in [-0.3, -0.25) is 9.78 Å². The van der Waals surface area contributed by atoms with E-state index in [0.717, 1.165) is 16.1 Å². The van der Waals surface area contributed by atoms with Crippen molar-refractivity contribution < 1.29 is 30.0 Å². The number of rotatable bonds is 3. The molecule has 0 aliphatic rings. The van der Waals surface area contributed by atoms with Gasteiger partial charge in [0.2, 0.25) is 0 Å². The number of carbonyl (C=O) groups is 1. The van der Waals surface area contributed by atoms with E-state index in [9.17, 15) is 9.90 Å². The predicted molar refractivity (Wildman–Crippen MR) is 137 cm³/mol. The molecular formula is C28H36IrNO2S-. The summed E-state index contributed by atoms with van der Waals surface area (Å²) in [5, 5.41) is 12.9. The second-order valence-corrected chi connectivity index (χ2v) is 11.5. The molecule has 5 heteroatoms. The van der Waals surface area contributed by atoms with Crippen LogP contribution < -0.4 is 0 Å². The molecule has 0 amide bonds. The van der Waals surface area contributed by atoms with E-state index in [4.69, 9.17) is 4.98 Å². The molecule has 1 radical (unpaired) electrons. The molecule has 2 heterocycles. The zero-order valence-corrected chi connectivity index (χ0v) is 24.4. The van der Waals surface area contributed by atoms with Crippen LogP contribution in [-0.4, -0.2) is 15.9 Å². The summed E-state index contributed by atoms with van der Waals surface area (Å²) in [6.45, 7) is 17.6. The summed E-state index contributed by atoms with van der Waals surface area (Å²) in [6, 6.07) is 14.2. The van der Waals surface area contributed by atoms with Crippen LogP contribution in [0.4, 0.5) is 0 Å². The zero-order chi connectivity index (χ0) is 24.3. The second kappa shape index (κ2) is 11.6. The van der Waals surface area contributed by atoms with E-state index in [2.05, 4.69) is 62.5 Å². The molecule has 2 aromatic heterocycles. The van der Waals surface area contributed by atoms with E-state index >= 15 is 0 Å². The van der Waals surface area contributed by atoms with Gasteiger partial charge < -0.3 is 5.11 Å². The number of ketones is 1. The zero-order valence-electron chi connectivity index (χ0n) is 21.2. The first-order chi connectivity index (χ1) is 14.7. The number of aromatic nitrogens is 1.